The lowest BCUT2D eigenvalue weighted by atomic mass is 10.2. The Morgan fingerprint density at radius 1 is 1.24 bits per heavy atom. The number of amides is 2. The first kappa shape index (κ1) is 17.5. The molecule has 0 saturated carbocycles. The topological polar surface area (TPSA) is 50.8 Å². The first-order valence-corrected chi connectivity index (χ1v) is 8.30. The first-order chi connectivity index (χ1) is 12.1. The van der Waals surface area contributed by atoms with Crippen LogP contribution in [0.15, 0.2) is 42.5 Å². The Hall–Kier alpha value is -2.31. The Kier molecular flexibility index (Phi) is 5.73. The van der Waals surface area contributed by atoms with Crippen molar-refractivity contribution in [2.24, 2.45) is 0 Å². The molecule has 2 amide bonds. The second-order valence-corrected chi connectivity index (χ2v) is 6.00. The number of ether oxygens (including phenoxy) is 2. The zero-order valence-corrected chi connectivity index (χ0v) is 14.3. The van der Waals surface area contributed by atoms with Crippen LogP contribution in [0.5, 0.6) is 5.75 Å². The van der Waals surface area contributed by atoms with Crippen LogP contribution in [0.4, 0.5) is 14.9 Å². The summed E-state index contributed by atoms with van der Waals surface area (Å²) < 4.78 is 24.0. The number of hydrogen-bond acceptors (Lipinski definition) is 3. The van der Waals surface area contributed by atoms with Crippen LogP contribution >= 0.6 is 11.6 Å². The van der Waals surface area contributed by atoms with E-state index in [1.54, 1.807) is 35.2 Å². The fourth-order valence-corrected chi connectivity index (χ4v) is 2.69. The molecule has 5 nitrogen and oxygen atoms in total. The number of nitrogens with zero attached hydrogens (tertiary/aromatic N) is 1. The van der Waals surface area contributed by atoms with Gasteiger partial charge in [-0.25, -0.2) is 9.18 Å². The summed E-state index contributed by atoms with van der Waals surface area (Å²) in [5.74, 6) is 0.156. The highest BCUT2D eigenvalue weighted by molar-refractivity contribution is 6.32. The maximum Gasteiger partial charge on any atom is 0.322 e. The van der Waals surface area contributed by atoms with E-state index in [2.05, 4.69) is 5.32 Å². The lowest BCUT2D eigenvalue weighted by Crippen LogP contribution is -2.43. The van der Waals surface area contributed by atoms with Gasteiger partial charge >= 0.3 is 6.03 Å². The van der Waals surface area contributed by atoms with Crippen molar-refractivity contribution >= 4 is 23.3 Å². The van der Waals surface area contributed by atoms with E-state index < -0.39 is 0 Å². The smallest absolute Gasteiger partial charge is 0.322 e. The second kappa shape index (κ2) is 8.18. The molecular formula is C18H18ClFN2O3. The SMILES string of the molecule is O=C(Nc1ccc(OCc2cccc(F)c2)c(Cl)c1)N1CCOCC1. The van der Waals surface area contributed by atoms with Gasteiger partial charge in [0.15, 0.2) is 0 Å². The quantitative estimate of drug-likeness (QED) is 0.894. The van der Waals surface area contributed by atoms with Crippen LogP contribution in [0, 0.1) is 5.82 Å². The average molecular weight is 365 g/mol. The Morgan fingerprint density at radius 2 is 2.04 bits per heavy atom. The fraction of sp³-hybridized carbons (Fsp3) is 0.278. The molecule has 7 heteroatoms. The van der Waals surface area contributed by atoms with E-state index in [0.717, 1.165) is 0 Å². The second-order valence-electron chi connectivity index (χ2n) is 5.59. The standard InChI is InChI=1S/C18H18ClFN2O3/c19-16-11-15(21-18(23)22-6-8-24-9-7-22)4-5-17(16)25-12-13-2-1-3-14(20)10-13/h1-5,10-11H,6-9,12H2,(H,21,23). The van der Waals surface area contributed by atoms with Gasteiger partial charge < -0.3 is 19.7 Å². The van der Waals surface area contributed by atoms with E-state index in [-0.39, 0.29) is 18.5 Å². The van der Waals surface area contributed by atoms with E-state index in [4.69, 9.17) is 21.1 Å². The van der Waals surface area contributed by atoms with Gasteiger partial charge in [0, 0.05) is 18.8 Å². The molecule has 0 aromatic heterocycles. The number of anilines is 1. The van der Waals surface area contributed by atoms with E-state index >= 15 is 0 Å². The first-order valence-electron chi connectivity index (χ1n) is 7.92. The van der Waals surface area contributed by atoms with Crippen molar-refractivity contribution < 1.29 is 18.7 Å². The summed E-state index contributed by atoms with van der Waals surface area (Å²) in [5, 5.41) is 3.17. The lowest BCUT2D eigenvalue weighted by molar-refractivity contribution is 0.0564. The third-order valence-corrected chi connectivity index (χ3v) is 4.06. The molecule has 0 unspecified atom stereocenters. The van der Waals surface area contributed by atoms with Crippen molar-refractivity contribution in [2.45, 2.75) is 6.61 Å². The van der Waals surface area contributed by atoms with Gasteiger partial charge in [0.05, 0.1) is 18.2 Å². The van der Waals surface area contributed by atoms with Crippen LogP contribution < -0.4 is 10.1 Å². The van der Waals surface area contributed by atoms with E-state index in [1.807, 2.05) is 0 Å². The maximum absolute atomic E-state index is 13.2. The molecule has 0 spiro atoms. The highest BCUT2D eigenvalue weighted by Gasteiger charge is 2.17. The Morgan fingerprint density at radius 3 is 2.76 bits per heavy atom. The molecule has 0 aliphatic carbocycles. The van der Waals surface area contributed by atoms with E-state index in [9.17, 15) is 9.18 Å². The van der Waals surface area contributed by atoms with Crippen molar-refractivity contribution in [3.63, 3.8) is 0 Å². The number of urea groups is 1. The molecule has 1 fully saturated rings. The monoisotopic (exact) mass is 364 g/mol. The zero-order valence-electron chi connectivity index (χ0n) is 13.5. The largest absolute Gasteiger partial charge is 0.487 e. The van der Waals surface area contributed by atoms with Crippen LogP contribution in [0.2, 0.25) is 5.02 Å². The molecule has 1 aliphatic rings. The highest BCUT2D eigenvalue weighted by Crippen LogP contribution is 2.28. The van der Waals surface area contributed by atoms with Crippen LogP contribution in [0.3, 0.4) is 0 Å². The Bertz CT molecular complexity index is 751. The molecular weight excluding hydrogens is 347 g/mol. The Labute approximate surface area is 150 Å². The molecule has 0 bridgehead atoms. The molecule has 2 aromatic rings. The highest BCUT2D eigenvalue weighted by atomic mass is 35.5. The van der Waals surface area contributed by atoms with Gasteiger partial charge in [-0.1, -0.05) is 23.7 Å². The van der Waals surface area contributed by atoms with Crippen molar-refractivity contribution in [2.75, 3.05) is 31.6 Å². The Balaban J connectivity index is 1.59. The number of halogens is 2. The number of carbonyl (C=O) groups is 1. The number of carbonyl (C=O) groups excluding carboxylic acids is 1. The number of nitrogens with one attached hydrogen (secondary N) is 1. The summed E-state index contributed by atoms with van der Waals surface area (Å²) in [7, 11) is 0. The summed E-state index contributed by atoms with van der Waals surface area (Å²) in [6.07, 6.45) is 0. The minimum atomic E-state index is -0.312. The van der Waals surface area contributed by atoms with Gasteiger partial charge in [-0.2, -0.15) is 0 Å². The molecule has 0 atom stereocenters. The van der Waals surface area contributed by atoms with Crippen molar-refractivity contribution in [3.05, 3.63) is 58.9 Å². The van der Waals surface area contributed by atoms with Gasteiger partial charge in [-0.15, -0.1) is 0 Å². The predicted octanol–water partition coefficient (Wildman–Crippen LogP) is 3.92. The van der Waals surface area contributed by atoms with Gasteiger partial charge in [-0.3, -0.25) is 0 Å². The molecule has 0 radical (unpaired) electrons. The molecule has 132 valence electrons. The van der Waals surface area contributed by atoms with Crippen LogP contribution in [-0.4, -0.2) is 37.2 Å². The summed E-state index contributed by atoms with van der Waals surface area (Å²) >= 11 is 6.21. The molecule has 3 rings (SSSR count). The van der Waals surface area contributed by atoms with Gasteiger partial charge in [0.1, 0.15) is 18.2 Å². The summed E-state index contributed by atoms with van der Waals surface area (Å²) in [6, 6.07) is 11.0. The maximum atomic E-state index is 13.2. The number of morpholine rings is 1. The number of rotatable bonds is 4. The van der Waals surface area contributed by atoms with Crippen molar-refractivity contribution in [1.82, 2.24) is 4.90 Å². The van der Waals surface area contributed by atoms with Crippen molar-refractivity contribution in [1.29, 1.82) is 0 Å². The molecule has 25 heavy (non-hydrogen) atoms. The third kappa shape index (κ3) is 4.84. The molecule has 1 N–H and O–H groups in total. The van der Waals surface area contributed by atoms with Crippen LogP contribution in [0.1, 0.15) is 5.56 Å². The summed E-state index contributed by atoms with van der Waals surface area (Å²) in [4.78, 5) is 13.8. The van der Waals surface area contributed by atoms with E-state index in [1.165, 1.54) is 12.1 Å². The third-order valence-electron chi connectivity index (χ3n) is 3.76. The van der Waals surface area contributed by atoms with Gasteiger partial charge in [0.2, 0.25) is 0 Å². The number of hydrogen-bond donors (Lipinski definition) is 1. The van der Waals surface area contributed by atoms with Gasteiger partial charge in [-0.05, 0) is 35.9 Å². The normalized spacial score (nSPS) is 14.2. The minimum Gasteiger partial charge on any atom is -0.487 e. The van der Waals surface area contributed by atoms with Crippen molar-refractivity contribution in [3.8, 4) is 5.75 Å². The zero-order chi connectivity index (χ0) is 17.6. The molecule has 2 aromatic carbocycles. The summed E-state index contributed by atoms with van der Waals surface area (Å²) in [5.41, 5.74) is 1.29. The molecule has 1 saturated heterocycles. The van der Waals surface area contributed by atoms with Gasteiger partial charge in [0.25, 0.3) is 0 Å². The summed E-state index contributed by atoms with van der Waals surface area (Å²) in [6.45, 7) is 2.42. The number of benzene rings is 2. The molecule has 1 heterocycles. The van der Waals surface area contributed by atoms with Crippen LogP contribution in [0.25, 0.3) is 0 Å². The van der Waals surface area contributed by atoms with E-state index in [0.29, 0.717) is 48.3 Å². The average Bonchev–Trinajstić information content (AvgIpc) is 2.62. The molecule has 1 aliphatic heterocycles. The van der Waals surface area contributed by atoms with Crippen LogP contribution in [-0.2, 0) is 11.3 Å². The predicted molar refractivity (Wildman–Crippen MR) is 93.6 cm³/mol. The fourth-order valence-electron chi connectivity index (χ4n) is 2.45. The lowest BCUT2D eigenvalue weighted by Gasteiger charge is -2.27. The minimum absolute atomic E-state index is 0.187.